The molecule has 0 aromatic carbocycles. The summed E-state index contributed by atoms with van der Waals surface area (Å²) in [7, 11) is 0. The molecule has 0 aliphatic carbocycles. The second kappa shape index (κ2) is 7.20. The van der Waals surface area contributed by atoms with Crippen molar-refractivity contribution in [2.75, 3.05) is 19.8 Å². The number of rotatable bonds is 7. The summed E-state index contributed by atoms with van der Waals surface area (Å²) in [5, 5.41) is 0. The number of ether oxygens (including phenoxy) is 3. The van der Waals surface area contributed by atoms with Gasteiger partial charge in [-0.05, 0) is 19.9 Å². The molecular weight excluding hydrogens is 194 g/mol. The third-order valence-corrected chi connectivity index (χ3v) is 1.71. The molecule has 0 saturated heterocycles. The van der Waals surface area contributed by atoms with Crippen LogP contribution in [0.25, 0.3) is 0 Å². The fraction of sp³-hybridized carbons (Fsp3) is 0.545. The summed E-state index contributed by atoms with van der Waals surface area (Å²) in [6.07, 6.45) is 1.37. The molecule has 0 fully saturated rings. The van der Waals surface area contributed by atoms with Crippen molar-refractivity contribution in [2.24, 2.45) is 0 Å². The van der Waals surface area contributed by atoms with Crippen LogP contribution in [0, 0.1) is 0 Å². The predicted octanol–water partition coefficient (Wildman–Crippen LogP) is 1.86. The van der Waals surface area contributed by atoms with E-state index in [1.165, 1.54) is 0 Å². The molecular formula is C11H17NO3. The number of hydrogen-bond acceptors (Lipinski definition) is 4. The van der Waals surface area contributed by atoms with Crippen LogP contribution < -0.4 is 4.74 Å². The van der Waals surface area contributed by atoms with E-state index in [1.807, 2.05) is 26.0 Å². The van der Waals surface area contributed by atoms with Crippen LogP contribution in [0.5, 0.6) is 5.88 Å². The summed E-state index contributed by atoms with van der Waals surface area (Å²) < 4.78 is 16.1. The first kappa shape index (κ1) is 11.9. The highest BCUT2D eigenvalue weighted by Crippen LogP contribution is 2.05. The molecule has 0 N–H and O–H groups in total. The molecule has 0 spiro atoms. The van der Waals surface area contributed by atoms with Crippen LogP contribution in [0.15, 0.2) is 24.4 Å². The SMILES string of the molecule is CCOC(COc1ccccn1)OCC. The van der Waals surface area contributed by atoms with Crippen molar-refractivity contribution in [3.05, 3.63) is 24.4 Å². The Bertz CT molecular complexity index is 247. The molecule has 0 amide bonds. The maximum atomic E-state index is 5.41. The minimum atomic E-state index is -0.318. The molecule has 1 aromatic rings. The van der Waals surface area contributed by atoms with Gasteiger partial charge in [0.05, 0.1) is 0 Å². The molecule has 1 aromatic heterocycles. The van der Waals surface area contributed by atoms with Crippen LogP contribution in [0.2, 0.25) is 0 Å². The van der Waals surface area contributed by atoms with Crippen LogP contribution >= 0.6 is 0 Å². The standard InChI is InChI=1S/C11H17NO3/c1-3-13-11(14-4-2)9-15-10-7-5-6-8-12-10/h5-8,11H,3-4,9H2,1-2H3. The highest BCUT2D eigenvalue weighted by atomic mass is 16.7. The Labute approximate surface area is 90.2 Å². The quantitative estimate of drug-likeness (QED) is 0.645. The lowest BCUT2D eigenvalue weighted by Gasteiger charge is -2.16. The first-order chi connectivity index (χ1) is 7.36. The lowest BCUT2D eigenvalue weighted by atomic mass is 10.5. The fourth-order valence-electron chi connectivity index (χ4n) is 1.10. The van der Waals surface area contributed by atoms with E-state index in [9.17, 15) is 0 Å². The zero-order valence-corrected chi connectivity index (χ0v) is 9.18. The van der Waals surface area contributed by atoms with Gasteiger partial charge in [0, 0.05) is 25.5 Å². The van der Waals surface area contributed by atoms with Gasteiger partial charge in [-0.15, -0.1) is 0 Å². The third kappa shape index (κ3) is 4.76. The molecule has 4 heteroatoms. The summed E-state index contributed by atoms with van der Waals surface area (Å²) in [5.74, 6) is 0.585. The van der Waals surface area contributed by atoms with E-state index in [4.69, 9.17) is 14.2 Å². The topological polar surface area (TPSA) is 40.6 Å². The van der Waals surface area contributed by atoms with E-state index in [-0.39, 0.29) is 6.29 Å². The van der Waals surface area contributed by atoms with Gasteiger partial charge in [-0.3, -0.25) is 0 Å². The predicted molar refractivity (Wildman–Crippen MR) is 56.8 cm³/mol. The number of aromatic nitrogens is 1. The lowest BCUT2D eigenvalue weighted by Crippen LogP contribution is -2.25. The maximum absolute atomic E-state index is 5.41. The minimum absolute atomic E-state index is 0.318. The Morgan fingerprint density at radius 1 is 1.20 bits per heavy atom. The maximum Gasteiger partial charge on any atom is 0.213 e. The van der Waals surface area contributed by atoms with E-state index in [0.717, 1.165) is 0 Å². The van der Waals surface area contributed by atoms with Gasteiger partial charge in [0.1, 0.15) is 6.61 Å². The van der Waals surface area contributed by atoms with Crippen LogP contribution in [0.4, 0.5) is 0 Å². The molecule has 0 unspecified atom stereocenters. The van der Waals surface area contributed by atoms with Gasteiger partial charge in [0.2, 0.25) is 5.88 Å². The Morgan fingerprint density at radius 3 is 2.47 bits per heavy atom. The highest BCUT2D eigenvalue weighted by molar-refractivity contribution is 5.08. The zero-order chi connectivity index (χ0) is 10.9. The average molecular weight is 211 g/mol. The van der Waals surface area contributed by atoms with E-state index in [1.54, 1.807) is 12.3 Å². The molecule has 0 atom stereocenters. The van der Waals surface area contributed by atoms with Crippen molar-refractivity contribution in [1.29, 1.82) is 0 Å². The number of nitrogens with zero attached hydrogens (tertiary/aromatic N) is 1. The van der Waals surface area contributed by atoms with E-state index in [2.05, 4.69) is 4.98 Å². The molecule has 15 heavy (non-hydrogen) atoms. The summed E-state index contributed by atoms with van der Waals surface area (Å²) in [6.45, 7) is 5.42. The number of pyridine rings is 1. The first-order valence-electron chi connectivity index (χ1n) is 5.13. The van der Waals surface area contributed by atoms with E-state index >= 15 is 0 Å². The fourth-order valence-corrected chi connectivity index (χ4v) is 1.10. The second-order valence-corrected chi connectivity index (χ2v) is 2.82. The van der Waals surface area contributed by atoms with Crippen molar-refractivity contribution in [3.63, 3.8) is 0 Å². The van der Waals surface area contributed by atoms with Crippen LogP contribution in [0.1, 0.15) is 13.8 Å². The highest BCUT2D eigenvalue weighted by Gasteiger charge is 2.08. The molecule has 1 rings (SSSR count). The summed E-state index contributed by atoms with van der Waals surface area (Å²) in [4.78, 5) is 4.04. The third-order valence-electron chi connectivity index (χ3n) is 1.71. The normalized spacial score (nSPS) is 10.6. The Balaban J connectivity index is 2.33. The van der Waals surface area contributed by atoms with Gasteiger partial charge in [0.15, 0.2) is 6.29 Å². The van der Waals surface area contributed by atoms with Gasteiger partial charge in [-0.25, -0.2) is 4.98 Å². The molecule has 0 aliphatic heterocycles. The van der Waals surface area contributed by atoms with Gasteiger partial charge < -0.3 is 14.2 Å². The molecule has 0 radical (unpaired) electrons. The van der Waals surface area contributed by atoms with Crippen molar-refractivity contribution in [1.82, 2.24) is 4.98 Å². The largest absolute Gasteiger partial charge is 0.472 e. The summed E-state index contributed by atoms with van der Waals surface area (Å²) in [5.41, 5.74) is 0. The number of hydrogen-bond donors (Lipinski definition) is 0. The van der Waals surface area contributed by atoms with Crippen molar-refractivity contribution in [3.8, 4) is 5.88 Å². The lowest BCUT2D eigenvalue weighted by molar-refractivity contribution is -0.152. The summed E-state index contributed by atoms with van der Waals surface area (Å²) >= 11 is 0. The van der Waals surface area contributed by atoms with Gasteiger partial charge in [-0.2, -0.15) is 0 Å². The molecule has 0 aliphatic rings. The van der Waals surface area contributed by atoms with Crippen molar-refractivity contribution >= 4 is 0 Å². The monoisotopic (exact) mass is 211 g/mol. The first-order valence-corrected chi connectivity index (χ1v) is 5.13. The minimum Gasteiger partial charge on any atom is -0.472 e. The molecule has 0 bridgehead atoms. The Hall–Kier alpha value is -1.13. The second-order valence-electron chi connectivity index (χ2n) is 2.82. The zero-order valence-electron chi connectivity index (χ0n) is 9.18. The van der Waals surface area contributed by atoms with Crippen molar-refractivity contribution in [2.45, 2.75) is 20.1 Å². The molecule has 0 saturated carbocycles. The van der Waals surface area contributed by atoms with E-state index in [0.29, 0.717) is 25.7 Å². The molecule has 84 valence electrons. The molecule has 1 heterocycles. The van der Waals surface area contributed by atoms with Crippen LogP contribution in [-0.4, -0.2) is 31.1 Å². The van der Waals surface area contributed by atoms with Crippen LogP contribution in [-0.2, 0) is 9.47 Å². The van der Waals surface area contributed by atoms with Crippen molar-refractivity contribution < 1.29 is 14.2 Å². The molecule has 4 nitrogen and oxygen atoms in total. The Kier molecular flexibility index (Phi) is 5.73. The average Bonchev–Trinajstić information content (AvgIpc) is 2.28. The smallest absolute Gasteiger partial charge is 0.213 e. The van der Waals surface area contributed by atoms with Gasteiger partial charge in [0.25, 0.3) is 0 Å². The summed E-state index contributed by atoms with van der Waals surface area (Å²) in [6, 6.07) is 5.52. The Morgan fingerprint density at radius 2 is 1.93 bits per heavy atom. The van der Waals surface area contributed by atoms with E-state index < -0.39 is 0 Å². The van der Waals surface area contributed by atoms with Crippen LogP contribution in [0.3, 0.4) is 0 Å². The van der Waals surface area contributed by atoms with Gasteiger partial charge >= 0.3 is 0 Å². The van der Waals surface area contributed by atoms with Gasteiger partial charge in [-0.1, -0.05) is 6.07 Å².